The Morgan fingerprint density at radius 2 is 2.10 bits per heavy atom. The summed E-state index contributed by atoms with van der Waals surface area (Å²) in [5.41, 5.74) is 0.575. The van der Waals surface area contributed by atoms with Gasteiger partial charge in [0, 0.05) is 4.47 Å². The van der Waals surface area contributed by atoms with Crippen molar-refractivity contribution in [2.45, 2.75) is 26.4 Å². The Morgan fingerprint density at radius 1 is 1.45 bits per heavy atom. The van der Waals surface area contributed by atoms with E-state index in [-0.39, 0.29) is 12.3 Å². The standard InChI is InChI=1S/C13H18BrN2O3P/c1-13(2,3)19-12(18)15-7-11(20)16-9-6-8(14)4-5-10(9)17/h4-6,16-17,20H,7H2,1-3H3,(H,15,18). The lowest BCUT2D eigenvalue weighted by Crippen LogP contribution is -2.36. The Labute approximate surface area is 129 Å². The van der Waals surface area contributed by atoms with Crippen molar-refractivity contribution in [1.82, 2.24) is 5.32 Å². The zero-order valence-corrected chi connectivity index (χ0v) is 14.2. The molecule has 0 saturated heterocycles. The molecule has 0 bridgehead atoms. The van der Waals surface area contributed by atoms with Crippen molar-refractivity contribution in [3.05, 3.63) is 22.7 Å². The number of aromatic hydroxyl groups is 1. The van der Waals surface area contributed by atoms with Gasteiger partial charge in [-0.2, -0.15) is 0 Å². The molecule has 1 amide bonds. The summed E-state index contributed by atoms with van der Waals surface area (Å²) in [6.45, 7) is 5.60. The molecular formula is C13H18BrN2O3P. The first-order valence-corrected chi connectivity index (χ1v) is 7.26. The highest BCUT2D eigenvalue weighted by Gasteiger charge is 2.15. The SMILES string of the molecule is CC(C)(C)OC(=O)NCC(=P)Nc1cc(Br)ccc1O. The Balaban J connectivity index is 2.48. The van der Waals surface area contributed by atoms with Crippen molar-refractivity contribution >= 4 is 42.0 Å². The minimum absolute atomic E-state index is 0.112. The van der Waals surface area contributed by atoms with E-state index in [2.05, 4.69) is 35.4 Å². The molecule has 7 heteroatoms. The molecule has 0 unspecified atom stereocenters. The fraction of sp³-hybridized carbons (Fsp3) is 0.385. The van der Waals surface area contributed by atoms with Crippen LogP contribution in [-0.2, 0) is 4.74 Å². The van der Waals surface area contributed by atoms with E-state index < -0.39 is 11.7 Å². The molecule has 0 aliphatic heterocycles. The highest BCUT2D eigenvalue weighted by molar-refractivity contribution is 9.10. The molecule has 20 heavy (non-hydrogen) atoms. The van der Waals surface area contributed by atoms with Gasteiger partial charge in [0.15, 0.2) is 0 Å². The normalized spacial score (nSPS) is 10.8. The highest BCUT2D eigenvalue weighted by Crippen LogP contribution is 2.26. The summed E-state index contributed by atoms with van der Waals surface area (Å²) in [4.78, 5) is 11.5. The molecule has 5 nitrogen and oxygen atoms in total. The van der Waals surface area contributed by atoms with Gasteiger partial charge < -0.3 is 20.5 Å². The molecule has 0 spiro atoms. The maximum atomic E-state index is 11.5. The maximum absolute atomic E-state index is 11.5. The minimum Gasteiger partial charge on any atom is -0.506 e. The van der Waals surface area contributed by atoms with Crippen molar-refractivity contribution < 1.29 is 14.6 Å². The molecular weight excluding hydrogens is 343 g/mol. The number of hydrogen-bond donors (Lipinski definition) is 3. The Kier molecular flexibility index (Phi) is 5.84. The lowest BCUT2D eigenvalue weighted by atomic mass is 10.2. The van der Waals surface area contributed by atoms with E-state index in [0.29, 0.717) is 11.1 Å². The van der Waals surface area contributed by atoms with Gasteiger partial charge in [0.1, 0.15) is 11.4 Å². The highest BCUT2D eigenvalue weighted by atomic mass is 79.9. The van der Waals surface area contributed by atoms with Crippen LogP contribution in [0.5, 0.6) is 5.75 Å². The number of carbonyl (C=O) groups is 1. The van der Waals surface area contributed by atoms with Crippen LogP contribution >= 0.6 is 24.8 Å². The van der Waals surface area contributed by atoms with Crippen LogP contribution in [0.2, 0.25) is 0 Å². The summed E-state index contributed by atoms with van der Waals surface area (Å²) in [5, 5.41) is 15.2. The molecule has 110 valence electrons. The number of nitrogens with one attached hydrogen (secondary N) is 2. The van der Waals surface area contributed by atoms with Gasteiger partial charge in [0.05, 0.1) is 17.6 Å². The Bertz CT molecular complexity index is 515. The summed E-state index contributed by atoms with van der Waals surface area (Å²) in [6, 6.07) is 5.02. The number of halogens is 1. The number of anilines is 1. The number of ether oxygens (including phenoxy) is 1. The summed E-state index contributed by atoms with van der Waals surface area (Å²) >= 11 is 3.32. The van der Waals surface area contributed by atoms with Crippen molar-refractivity contribution in [3.8, 4) is 5.75 Å². The number of alkyl carbamates (subject to hydrolysis) is 1. The van der Waals surface area contributed by atoms with Gasteiger partial charge in [0.2, 0.25) is 0 Å². The van der Waals surface area contributed by atoms with E-state index in [9.17, 15) is 9.90 Å². The van der Waals surface area contributed by atoms with E-state index in [4.69, 9.17) is 4.74 Å². The molecule has 3 N–H and O–H groups in total. The summed E-state index contributed by atoms with van der Waals surface area (Å²) in [5.74, 6) is 0.112. The molecule has 1 aromatic rings. The van der Waals surface area contributed by atoms with Crippen LogP contribution in [-0.4, -0.2) is 28.8 Å². The molecule has 1 aromatic carbocycles. The summed E-state index contributed by atoms with van der Waals surface area (Å²) in [6.07, 6.45) is -0.506. The third-order valence-corrected chi connectivity index (χ3v) is 2.85. The fourth-order valence-corrected chi connectivity index (χ4v) is 1.87. The van der Waals surface area contributed by atoms with Gasteiger partial charge in [-0.25, -0.2) is 4.79 Å². The third-order valence-electron chi connectivity index (χ3n) is 2.05. The molecule has 0 saturated carbocycles. The van der Waals surface area contributed by atoms with Gasteiger partial charge in [-0.3, -0.25) is 0 Å². The number of amides is 1. The Morgan fingerprint density at radius 3 is 2.70 bits per heavy atom. The first-order chi connectivity index (χ1) is 9.17. The zero-order chi connectivity index (χ0) is 15.3. The number of phenolic OH excluding ortho intramolecular Hbond substituents is 1. The van der Waals surface area contributed by atoms with Crippen LogP contribution in [0.3, 0.4) is 0 Å². The van der Waals surface area contributed by atoms with E-state index >= 15 is 0 Å². The number of phenols is 1. The van der Waals surface area contributed by atoms with E-state index in [1.54, 1.807) is 39.0 Å². The molecule has 1 rings (SSSR count). The first-order valence-electron chi connectivity index (χ1n) is 5.97. The molecule has 0 aliphatic carbocycles. The lowest BCUT2D eigenvalue weighted by Gasteiger charge is -2.20. The number of rotatable bonds is 4. The van der Waals surface area contributed by atoms with Crippen LogP contribution in [0, 0.1) is 0 Å². The van der Waals surface area contributed by atoms with Gasteiger partial charge in [0.25, 0.3) is 0 Å². The average Bonchev–Trinajstić information content (AvgIpc) is 2.29. The largest absolute Gasteiger partial charge is 0.506 e. The maximum Gasteiger partial charge on any atom is 0.407 e. The summed E-state index contributed by atoms with van der Waals surface area (Å²) < 4.78 is 5.94. The lowest BCUT2D eigenvalue weighted by molar-refractivity contribution is 0.0536. The van der Waals surface area contributed by atoms with Gasteiger partial charge in [-0.05, 0) is 39.0 Å². The number of hydrogen-bond acceptors (Lipinski definition) is 3. The van der Waals surface area contributed by atoms with Crippen LogP contribution in [0.15, 0.2) is 22.7 Å². The molecule has 0 fully saturated rings. The first kappa shape index (κ1) is 16.8. The third kappa shape index (κ3) is 6.26. The van der Waals surface area contributed by atoms with Crippen LogP contribution in [0.1, 0.15) is 20.8 Å². The van der Waals surface area contributed by atoms with Gasteiger partial charge >= 0.3 is 6.09 Å². The fourth-order valence-electron chi connectivity index (χ4n) is 1.29. The average molecular weight is 361 g/mol. The van der Waals surface area contributed by atoms with Crippen molar-refractivity contribution in [2.75, 3.05) is 11.9 Å². The second-order valence-corrected chi connectivity index (χ2v) is 6.64. The molecule has 0 heterocycles. The zero-order valence-electron chi connectivity index (χ0n) is 11.6. The van der Waals surface area contributed by atoms with Crippen molar-refractivity contribution in [1.29, 1.82) is 0 Å². The van der Waals surface area contributed by atoms with Crippen LogP contribution in [0.25, 0.3) is 0 Å². The molecule has 0 aromatic heterocycles. The second kappa shape index (κ2) is 6.95. The number of carbonyl (C=O) groups excluding carboxylic acids is 1. The van der Waals surface area contributed by atoms with Crippen molar-refractivity contribution in [3.63, 3.8) is 0 Å². The van der Waals surface area contributed by atoms with E-state index in [1.807, 2.05) is 0 Å². The quantitative estimate of drug-likeness (QED) is 0.568. The van der Waals surface area contributed by atoms with Crippen LogP contribution < -0.4 is 10.6 Å². The predicted octanol–water partition coefficient (Wildman–Crippen LogP) is 3.36. The molecule has 0 atom stereocenters. The van der Waals surface area contributed by atoms with Gasteiger partial charge in [-0.1, -0.05) is 24.8 Å². The topological polar surface area (TPSA) is 70.6 Å². The summed E-state index contributed by atoms with van der Waals surface area (Å²) in [7, 11) is 3.34. The predicted molar refractivity (Wildman–Crippen MR) is 87.0 cm³/mol. The Hall–Kier alpha value is -1.26. The second-order valence-electron chi connectivity index (χ2n) is 5.12. The monoisotopic (exact) mass is 360 g/mol. The smallest absolute Gasteiger partial charge is 0.407 e. The molecule has 0 aliphatic rings. The van der Waals surface area contributed by atoms with Gasteiger partial charge in [-0.15, -0.1) is 0 Å². The molecule has 0 radical (unpaired) electrons. The van der Waals surface area contributed by atoms with Crippen LogP contribution in [0.4, 0.5) is 10.5 Å². The number of benzene rings is 1. The minimum atomic E-state index is -0.536. The van der Waals surface area contributed by atoms with Crippen molar-refractivity contribution in [2.24, 2.45) is 0 Å². The van der Waals surface area contributed by atoms with E-state index in [0.717, 1.165) is 4.47 Å². The van der Waals surface area contributed by atoms with E-state index in [1.165, 1.54) is 0 Å².